The second-order valence-electron chi connectivity index (χ2n) is 3.52. The molecule has 0 unspecified atom stereocenters. The topological polar surface area (TPSA) is 53.1 Å². The second-order valence-corrected chi connectivity index (χ2v) is 4.27. The fourth-order valence-electron chi connectivity index (χ4n) is 1.61. The van der Waals surface area contributed by atoms with Crippen LogP contribution in [0.3, 0.4) is 0 Å². The van der Waals surface area contributed by atoms with Crippen LogP contribution in [0, 0.1) is 5.82 Å². The molecule has 2 rings (SSSR count). The molecule has 2 N–H and O–H groups in total. The average Bonchev–Trinajstić information content (AvgIpc) is 2.53. The van der Waals surface area contributed by atoms with Crippen molar-refractivity contribution in [2.24, 2.45) is 7.05 Å². The van der Waals surface area contributed by atoms with E-state index in [1.165, 1.54) is 13.2 Å². The monoisotopic (exact) mass is 299 g/mol. The van der Waals surface area contributed by atoms with Gasteiger partial charge in [0.1, 0.15) is 4.60 Å². The molecule has 0 amide bonds. The largest absolute Gasteiger partial charge is 0.494 e. The molecular formula is C11H11BrFN3O. The summed E-state index contributed by atoms with van der Waals surface area (Å²) in [4.78, 5) is 4.06. The van der Waals surface area contributed by atoms with Crippen LogP contribution >= 0.6 is 15.9 Å². The number of nitrogens with two attached hydrogens (primary N) is 1. The summed E-state index contributed by atoms with van der Waals surface area (Å²) in [5.41, 5.74) is 7.08. The molecule has 0 saturated carbocycles. The molecule has 6 heteroatoms. The van der Waals surface area contributed by atoms with Crippen molar-refractivity contribution in [3.63, 3.8) is 0 Å². The first-order chi connectivity index (χ1) is 8.04. The van der Waals surface area contributed by atoms with Gasteiger partial charge in [0.25, 0.3) is 0 Å². The van der Waals surface area contributed by atoms with E-state index in [1.807, 2.05) is 0 Å². The molecule has 0 aliphatic rings. The van der Waals surface area contributed by atoms with Gasteiger partial charge in [-0.1, -0.05) is 0 Å². The Morgan fingerprint density at radius 2 is 2.18 bits per heavy atom. The highest BCUT2D eigenvalue weighted by atomic mass is 79.9. The van der Waals surface area contributed by atoms with E-state index in [0.717, 1.165) is 5.69 Å². The summed E-state index contributed by atoms with van der Waals surface area (Å²) >= 11 is 3.30. The molecule has 90 valence electrons. The van der Waals surface area contributed by atoms with Gasteiger partial charge in [-0.25, -0.2) is 9.37 Å². The minimum absolute atomic E-state index is 0.208. The first-order valence-corrected chi connectivity index (χ1v) is 5.65. The second kappa shape index (κ2) is 4.37. The van der Waals surface area contributed by atoms with Crippen LogP contribution < -0.4 is 10.5 Å². The number of ether oxygens (including phenoxy) is 1. The summed E-state index contributed by atoms with van der Waals surface area (Å²) in [6, 6.07) is 4.71. The summed E-state index contributed by atoms with van der Waals surface area (Å²) in [5.74, 6) is 0.153. The fraction of sp³-hybridized carbons (Fsp3) is 0.182. The first-order valence-electron chi connectivity index (χ1n) is 4.86. The highest BCUT2D eigenvalue weighted by molar-refractivity contribution is 9.10. The van der Waals surface area contributed by atoms with Gasteiger partial charge in [0, 0.05) is 12.6 Å². The number of methoxy groups -OCH3 is 1. The number of halogens is 2. The van der Waals surface area contributed by atoms with E-state index >= 15 is 0 Å². The van der Waals surface area contributed by atoms with Crippen LogP contribution in [0.1, 0.15) is 0 Å². The van der Waals surface area contributed by atoms with Gasteiger partial charge in [0.15, 0.2) is 11.6 Å². The van der Waals surface area contributed by atoms with Crippen molar-refractivity contribution in [2.45, 2.75) is 0 Å². The Morgan fingerprint density at radius 1 is 1.47 bits per heavy atom. The van der Waals surface area contributed by atoms with Crippen LogP contribution in [0.5, 0.6) is 5.75 Å². The Labute approximate surface area is 106 Å². The lowest BCUT2D eigenvalue weighted by Gasteiger charge is -2.07. The van der Waals surface area contributed by atoms with Crippen molar-refractivity contribution in [3.8, 4) is 17.0 Å². The molecule has 1 heterocycles. The third kappa shape index (κ3) is 2.00. The molecule has 2 aromatic rings. The standard InChI is InChI=1S/C11H11BrFN3O/c1-16-9(10(12)15-11(16)14)6-3-4-8(17-2)7(13)5-6/h3-5H,1-2H3,(H2,14,15). The average molecular weight is 300 g/mol. The number of hydrogen-bond donors (Lipinski definition) is 1. The number of anilines is 1. The number of aromatic nitrogens is 2. The van der Waals surface area contributed by atoms with Crippen molar-refractivity contribution >= 4 is 21.9 Å². The van der Waals surface area contributed by atoms with Crippen LogP contribution in [0.2, 0.25) is 0 Å². The lowest BCUT2D eigenvalue weighted by molar-refractivity contribution is 0.386. The van der Waals surface area contributed by atoms with E-state index in [0.29, 0.717) is 16.1 Å². The first kappa shape index (κ1) is 11.9. The maximum absolute atomic E-state index is 13.6. The quantitative estimate of drug-likeness (QED) is 0.927. The lowest BCUT2D eigenvalue weighted by Crippen LogP contribution is -1.99. The molecule has 1 aromatic carbocycles. The highest BCUT2D eigenvalue weighted by Crippen LogP contribution is 2.31. The van der Waals surface area contributed by atoms with Gasteiger partial charge < -0.3 is 15.0 Å². The smallest absolute Gasteiger partial charge is 0.201 e. The molecular weight excluding hydrogens is 289 g/mol. The molecule has 0 fully saturated rings. The fourth-order valence-corrected chi connectivity index (χ4v) is 2.28. The van der Waals surface area contributed by atoms with Crippen LogP contribution in [0.25, 0.3) is 11.3 Å². The summed E-state index contributed by atoms with van der Waals surface area (Å²) in [5, 5.41) is 0. The van der Waals surface area contributed by atoms with Crippen molar-refractivity contribution in [1.82, 2.24) is 9.55 Å². The minimum Gasteiger partial charge on any atom is -0.494 e. The van der Waals surface area contributed by atoms with Crippen LogP contribution in [0.15, 0.2) is 22.8 Å². The Balaban J connectivity index is 2.57. The third-order valence-electron chi connectivity index (χ3n) is 2.51. The van der Waals surface area contributed by atoms with E-state index in [1.54, 1.807) is 23.7 Å². The summed E-state index contributed by atoms with van der Waals surface area (Å²) in [7, 11) is 3.20. The summed E-state index contributed by atoms with van der Waals surface area (Å²) in [6.07, 6.45) is 0. The van der Waals surface area contributed by atoms with Gasteiger partial charge in [-0.3, -0.25) is 0 Å². The van der Waals surface area contributed by atoms with Crippen LogP contribution in [0.4, 0.5) is 10.3 Å². The van der Waals surface area contributed by atoms with Crippen molar-refractivity contribution in [3.05, 3.63) is 28.6 Å². The van der Waals surface area contributed by atoms with Gasteiger partial charge in [0.05, 0.1) is 12.8 Å². The minimum atomic E-state index is -0.420. The normalized spacial score (nSPS) is 10.6. The molecule has 0 saturated heterocycles. The maximum Gasteiger partial charge on any atom is 0.201 e. The molecule has 1 aromatic heterocycles. The Bertz CT molecular complexity index is 568. The van der Waals surface area contributed by atoms with Crippen LogP contribution in [-0.4, -0.2) is 16.7 Å². The molecule has 0 aliphatic carbocycles. The molecule has 0 aliphatic heterocycles. The predicted molar refractivity (Wildman–Crippen MR) is 67.3 cm³/mol. The number of rotatable bonds is 2. The number of benzene rings is 1. The Kier molecular flexibility index (Phi) is 3.06. The number of hydrogen-bond acceptors (Lipinski definition) is 3. The molecule has 0 bridgehead atoms. The van der Waals surface area contributed by atoms with Crippen LogP contribution in [-0.2, 0) is 7.05 Å². The highest BCUT2D eigenvalue weighted by Gasteiger charge is 2.14. The Hall–Kier alpha value is -1.56. The number of nitrogen functional groups attached to an aromatic ring is 1. The van der Waals surface area contributed by atoms with Gasteiger partial charge in [-0.2, -0.15) is 0 Å². The van der Waals surface area contributed by atoms with E-state index in [-0.39, 0.29) is 5.75 Å². The Morgan fingerprint density at radius 3 is 2.65 bits per heavy atom. The van der Waals surface area contributed by atoms with Gasteiger partial charge in [-0.15, -0.1) is 0 Å². The SMILES string of the molecule is COc1ccc(-c2c(Br)nc(N)n2C)cc1F. The molecule has 17 heavy (non-hydrogen) atoms. The predicted octanol–water partition coefficient (Wildman–Crippen LogP) is 2.58. The maximum atomic E-state index is 13.6. The zero-order valence-electron chi connectivity index (χ0n) is 9.37. The third-order valence-corrected chi connectivity index (χ3v) is 3.07. The van der Waals surface area contributed by atoms with E-state index in [9.17, 15) is 4.39 Å². The van der Waals surface area contributed by atoms with Crippen molar-refractivity contribution in [1.29, 1.82) is 0 Å². The molecule has 4 nitrogen and oxygen atoms in total. The van der Waals surface area contributed by atoms with E-state index < -0.39 is 5.82 Å². The van der Waals surface area contributed by atoms with E-state index in [2.05, 4.69) is 20.9 Å². The van der Waals surface area contributed by atoms with Crippen molar-refractivity contribution < 1.29 is 9.13 Å². The number of imidazole rings is 1. The van der Waals surface area contributed by atoms with E-state index in [4.69, 9.17) is 10.5 Å². The van der Waals surface area contributed by atoms with Gasteiger partial charge in [0.2, 0.25) is 5.95 Å². The summed E-state index contributed by atoms with van der Waals surface area (Å²) in [6.45, 7) is 0. The number of nitrogens with zero attached hydrogens (tertiary/aromatic N) is 2. The zero-order chi connectivity index (χ0) is 12.6. The molecule has 0 spiro atoms. The summed E-state index contributed by atoms with van der Waals surface area (Å²) < 4.78 is 20.7. The molecule has 0 atom stereocenters. The molecule has 0 radical (unpaired) electrons. The van der Waals surface area contributed by atoms with Gasteiger partial charge >= 0.3 is 0 Å². The van der Waals surface area contributed by atoms with Gasteiger partial charge in [-0.05, 0) is 34.1 Å². The van der Waals surface area contributed by atoms with Crippen molar-refractivity contribution in [2.75, 3.05) is 12.8 Å². The zero-order valence-corrected chi connectivity index (χ0v) is 11.0. The lowest BCUT2D eigenvalue weighted by atomic mass is 10.1.